The van der Waals surface area contributed by atoms with E-state index in [0.29, 0.717) is 4.90 Å². The standard InChI is InChI=1S/C17H22N4O2S/c1-24(22,23)16-6-4-15(5-7-16)14-20-10-3-11-21(13-12-20)17-18-8-2-9-19-17/h2,4-9H,3,10-14H2,1H3. The molecule has 0 atom stereocenters. The van der Waals surface area contributed by atoms with E-state index in [4.69, 9.17) is 0 Å². The first-order valence-corrected chi connectivity index (χ1v) is 9.95. The first-order valence-electron chi connectivity index (χ1n) is 8.06. The van der Waals surface area contributed by atoms with Crippen LogP contribution >= 0.6 is 0 Å². The Morgan fingerprint density at radius 3 is 2.38 bits per heavy atom. The molecule has 1 aliphatic heterocycles. The molecule has 0 saturated carbocycles. The summed E-state index contributed by atoms with van der Waals surface area (Å²) in [5.74, 6) is 0.789. The lowest BCUT2D eigenvalue weighted by atomic mass is 10.2. The third kappa shape index (κ3) is 4.30. The molecule has 0 amide bonds. The minimum absolute atomic E-state index is 0.370. The summed E-state index contributed by atoms with van der Waals surface area (Å²) in [6, 6.07) is 9.01. The maximum absolute atomic E-state index is 11.5. The minimum Gasteiger partial charge on any atom is -0.339 e. The van der Waals surface area contributed by atoms with Gasteiger partial charge in [0.25, 0.3) is 0 Å². The molecule has 7 heteroatoms. The Morgan fingerprint density at radius 2 is 1.71 bits per heavy atom. The van der Waals surface area contributed by atoms with Crippen molar-refractivity contribution in [3.63, 3.8) is 0 Å². The Labute approximate surface area is 143 Å². The molecule has 2 aromatic rings. The second kappa shape index (κ2) is 7.27. The van der Waals surface area contributed by atoms with Crippen LogP contribution in [0.4, 0.5) is 5.95 Å². The molecule has 24 heavy (non-hydrogen) atoms. The molecular formula is C17H22N4O2S. The van der Waals surface area contributed by atoms with E-state index in [1.54, 1.807) is 24.5 Å². The van der Waals surface area contributed by atoms with E-state index in [2.05, 4.69) is 19.8 Å². The highest BCUT2D eigenvalue weighted by Crippen LogP contribution is 2.15. The van der Waals surface area contributed by atoms with Crippen LogP contribution in [0.1, 0.15) is 12.0 Å². The minimum atomic E-state index is -3.13. The van der Waals surface area contributed by atoms with Crippen LogP contribution < -0.4 is 4.90 Å². The number of rotatable bonds is 4. The van der Waals surface area contributed by atoms with Crippen molar-refractivity contribution < 1.29 is 8.42 Å². The lowest BCUT2D eigenvalue weighted by Crippen LogP contribution is -2.31. The van der Waals surface area contributed by atoms with Gasteiger partial charge in [-0.2, -0.15) is 0 Å². The summed E-state index contributed by atoms with van der Waals surface area (Å²) >= 11 is 0. The highest BCUT2D eigenvalue weighted by atomic mass is 32.2. The topological polar surface area (TPSA) is 66.4 Å². The first kappa shape index (κ1) is 16.9. The number of aromatic nitrogens is 2. The van der Waals surface area contributed by atoms with Crippen LogP contribution in [0.5, 0.6) is 0 Å². The van der Waals surface area contributed by atoms with Gasteiger partial charge in [0, 0.05) is 51.4 Å². The van der Waals surface area contributed by atoms with Crippen molar-refractivity contribution in [3.8, 4) is 0 Å². The maximum atomic E-state index is 11.5. The molecule has 6 nitrogen and oxygen atoms in total. The Morgan fingerprint density at radius 1 is 1.00 bits per heavy atom. The van der Waals surface area contributed by atoms with Gasteiger partial charge in [-0.1, -0.05) is 12.1 Å². The molecular weight excluding hydrogens is 324 g/mol. The summed E-state index contributed by atoms with van der Waals surface area (Å²) in [6.07, 6.45) is 5.83. The van der Waals surface area contributed by atoms with Gasteiger partial charge in [0.1, 0.15) is 0 Å². The zero-order valence-electron chi connectivity index (χ0n) is 13.8. The molecule has 0 radical (unpaired) electrons. The van der Waals surface area contributed by atoms with Gasteiger partial charge in [0.2, 0.25) is 5.95 Å². The predicted molar refractivity (Wildman–Crippen MR) is 93.7 cm³/mol. The number of hydrogen-bond donors (Lipinski definition) is 0. The van der Waals surface area contributed by atoms with Crippen molar-refractivity contribution in [1.82, 2.24) is 14.9 Å². The molecule has 1 aliphatic rings. The van der Waals surface area contributed by atoms with Crippen molar-refractivity contribution in [1.29, 1.82) is 0 Å². The van der Waals surface area contributed by atoms with Crippen LogP contribution in [0.15, 0.2) is 47.6 Å². The van der Waals surface area contributed by atoms with Crippen LogP contribution in [-0.4, -0.2) is 55.7 Å². The smallest absolute Gasteiger partial charge is 0.225 e. The zero-order valence-corrected chi connectivity index (χ0v) is 14.6. The van der Waals surface area contributed by atoms with E-state index in [0.717, 1.165) is 50.7 Å². The number of anilines is 1. The second-order valence-corrected chi connectivity index (χ2v) is 8.10. The molecule has 0 unspecified atom stereocenters. The van der Waals surface area contributed by atoms with Gasteiger partial charge in [0.05, 0.1) is 4.90 Å². The molecule has 0 bridgehead atoms. The quantitative estimate of drug-likeness (QED) is 0.838. The predicted octanol–water partition coefficient (Wildman–Crippen LogP) is 1.59. The van der Waals surface area contributed by atoms with Crippen molar-refractivity contribution in [3.05, 3.63) is 48.3 Å². The Kier molecular flexibility index (Phi) is 5.11. The average Bonchev–Trinajstić information content (AvgIpc) is 2.81. The van der Waals surface area contributed by atoms with Gasteiger partial charge in [0.15, 0.2) is 9.84 Å². The summed E-state index contributed by atoms with van der Waals surface area (Å²) < 4.78 is 23.0. The first-order chi connectivity index (χ1) is 11.5. The second-order valence-electron chi connectivity index (χ2n) is 6.08. The summed E-state index contributed by atoms with van der Waals surface area (Å²) in [6.45, 7) is 4.62. The van der Waals surface area contributed by atoms with Gasteiger partial charge in [-0.15, -0.1) is 0 Å². The van der Waals surface area contributed by atoms with Crippen LogP contribution in [-0.2, 0) is 16.4 Å². The fourth-order valence-electron chi connectivity index (χ4n) is 2.88. The maximum Gasteiger partial charge on any atom is 0.225 e. The van der Waals surface area contributed by atoms with E-state index in [1.807, 2.05) is 18.2 Å². The van der Waals surface area contributed by atoms with Gasteiger partial charge in [-0.3, -0.25) is 4.90 Å². The molecule has 0 aliphatic carbocycles. The molecule has 1 aromatic heterocycles. The van der Waals surface area contributed by atoms with Gasteiger partial charge in [-0.25, -0.2) is 18.4 Å². The molecule has 1 aromatic carbocycles. The van der Waals surface area contributed by atoms with Crippen molar-refractivity contribution in [2.24, 2.45) is 0 Å². The van der Waals surface area contributed by atoms with Gasteiger partial charge >= 0.3 is 0 Å². The number of sulfone groups is 1. The van der Waals surface area contributed by atoms with Crippen molar-refractivity contribution >= 4 is 15.8 Å². The van der Waals surface area contributed by atoms with Crippen LogP contribution in [0.3, 0.4) is 0 Å². The highest BCUT2D eigenvalue weighted by molar-refractivity contribution is 7.90. The van der Waals surface area contributed by atoms with Crippen LogP contribution in [0.25, 0.3) is 0 Å². The van der Waals surface area contributed by atoms with E-state index in [1.165, 1.54) is 6.26 Å². The monoisotopic (exact) mass is 346 g/mol. The lowest BCUT2D eigenvalue weighted by Gasteiger charge is -2.21. The summed E-state index contributed by atoms with van der Waals surface area (Å²) in [5, 5.41) is 0. The van der Waals surface area contributed by atoms with Crippen LogP contribution in [0.2, 0.25) is 0 Å². The third-order valence-electron chi connectivity index (χ3n) is 4.18. The van der Waals surface area contributed by atoms with E-state index >= 15 is 0 Å². The molecule has 2 heterocycles. The average molecular weight is 346 g/mol. The Hall–Kier alpha value is -1.99. The van der Waals surface area contributed by atoms with E-state index < -0.39 is 9.84 Å². The molecule has 1 fully saturated rings. The Balaban J connectivity index is 1.61. The lowest BCUT2D eigenvalue weighted by molar-refractivity contribution is 0.285. The van der Waals surface area contributed by atoms with E-state index in [9.17, 15) is 8.42 Å². The zero-order chi connectivity index (χ0) is 17.0. The molecule has 0 N–H and O–H groups in total. The fourth-order valence-corrected chi connectivity index (χ4v) is 3.51. The fraction of sp³-hybridized carbons (Fsp3) is 0.412. The van der Waals surface area contributed by atoms with Crippen molar-refractivity contribution in [2.45, 2.75) is 17.9 Å². The summed E-state index contributed by atoms with van der Waals surface area (Å²) in [5.41, 5.74) is 1.13. The number of nitrogens with zero attached hydrogens (tertiary/aromatic N) is 4. The SMILES string of the molecule is CS(=O)(=O)c1ccc(CN2CCCN(c3ncccn3)CC2)cc1. The molecule has 3 rings (SSSR count). The number of benzene rings is 1. The Bertz CT molecular complexity index is 763. The molecule has 0 spiro atoms. The summed E-state index contributed by atoms with van der Waals surface area (Å²) in [7, 11) is -3.13. The number of hydrogen-bond acceptors (Lipinski definition) is 6. The van der Waals surface area contributed by atoms with Gasteiger partial charge < -0.3 is 4.90 Å². The molecule has 1 saturated heterocycles. The largest absolute Gasteiger partial charge is 0.339 e. The van der Waals surface area contributed by atoms with Crippen molar-refractivity contribution in [2.75, 3.05) is 37.3 Å². The van der Waals surface area contributed by atoms with Gasteiger partial charge in [-0.05, 0) is 30.2 Å². The highest BCUT2D eigenvalue weighted by Gasteiger charge is 2.17. The third-order valence-corrected chi connectivity index (χ3v) is 5.31. The normalized spacial score (nSPS) is 16.8. The van der Waals surface area contributed by atoms with Crippen LogP contribution in [0, 0.1) is 0 Å². The molecule has 128 valence electrons. The summed E-state index contributed by atoms with van der Waals surface area (Å²) in [4.78, 5) is 13.6. The van der Waals surface area contributed by atoms with E-state index in [-0.39, 0.29) is 0 Å².